The van der Waals surface area contributed by atoms with Gasteiger partial charge in [0.2, 0.25) is 0 Å². The maximum Gasteiger partial charge on any atom is 0.255 e. The smallest absolute Gasteiger partial charge is 0.255 e. The van der Waals surface area contributed by atoms with Crippen LogP contribution in [0.15, 0.2) is 0 Å². The van der Waals surface area contributed by atoms with Crippen LogP contribution in [0, 0.1) is 0 Å². The summed E-state index contributed by atoms with van der Waals surface area (Å²) in [5.41, 5.74) is 10.9. The molecule has 0 fully saturated rings. The summed E-state index contributed by atoms with van der Waals surface area (Å²) in [6.07, 6.45) is 0. The topological polar surface area (TPSA) is 85.2 Å². The lowest BCUT2D eigenvalue weighted by Gasteiger charge is -2.09. The summed E-state index contributed by atoms with van der Waals surface area (Å²) in [7, 11) is 3.61. The van der Waals surface area contributed by atoms with Crippen molar-refractivity contribution in [2.24, 2.45) is 5.73 Å². The van der Waals surface area contributed by atoms with Gasteiger partial charge >= 0.3 is 0 Å². The fourth-order valence-electron chi connectivity index (χ4n) is 0.830. The van der Waals surface area contributed by atoms with Crippen LogP contribution in [0.2, 0.25) is 0 Å². The molecule has 0 aromatic carbocycles. The largest absolute Gasteiger partial charge is 0.382 e. The van der Waals surface area contributed by atoms with Gasteiger partial charge in [0.25, 0.3) is 5.91 Å². The minimum atomic E-state index is -0.537. The third-order valence-electron chi connectivity index (χ3n) is 1.35. The van der Waals surface area contributed by atoms with Gasteiger partial charge in [0, 0.05) is 14.1 Å². The average molecular weight is 186 g/mol. The molecule has 6 heteroatoms. The van der Waals surface area contributed by atoms with Gasteiger partial charge in [-0.2, -0.15) is 4.37 Å². The second-order valence-electron chi connectivity index (χ2n) is 2.51. The average Bonchev–Trinajstić information content (AvgIpc) is 2.30. The van der Waals surface area contributed by atoms with Crippen LogP contribution in [0.1, 0.15) is 10.4 Å². The first-order chi connectivity index (χ1) is 5.54. The van der Waals surface area contributed by atoms with Crippen molar-refractivity contribution in [1.29, 1.82) is 0 Å². The molecule has 0 bridgehead atoms. The maximum atomic E-state index is 10.9. The molecular weight excluding hydrogens is 176 g/mol. The predicted octanol–water partition coefficient (Wildman–Crippen LogP) is -0.110. The third-order valence-corrected chi connectivity index (χ3v) is 2.38. The number of primary amides is 1. The molecule has 0 spiro atoms. The number of nitrogen functional groups attached to an aromatic ring is 1. The van der Waals surface area contributed by atoms with Crippen molar-refractivity contribution >= 4 is 28.3 Å². The lowest BCUT2D eigenvalue weighted by molar-refractivity contribution is 0.100. The molecule has 1 aromatic rings. The number of aromatic nitrogens is 1. The van der Waals surface area contributed by atoms with E-state index in [9.17, 15) is 4.79 Å². The van der Waals surface area contributed by atoms with E-state index in [0.29, 0.717) is 10.6 Å². The van der Waals surface area contributed by atoms with Crippen molar-refractivity contribution in [3.05, 3.63) is 5.56 Å². The van der Waals surface area contributed by atoms with Crippen LogP contribution in [-0.4, -0.2) is 24.4 Å². The Morgan fingerprint density at radius 3 is 2.50 bits per heavy atom. The SMILES string of the molecule is CN(C)c1snc(N)c1C(N)=O. The highest BCUT2D eigenvalue weighted by atomic mass is 32.1. The van der Waals surface area contributed by atoms with Gasteiger partial charge in [-0.05, 0) is 11.5 Å². The van der Waals surface area contributed by atoms with E-state index in [4.69, 9.17) is 11.5 Å². The predicted molar refractivity (Wildman–Crippen MR) is 49.4 cm³/mol. The molecule has 5 nitrogen and oxygen atoms in total. The second kappa shape index (κ2) is 2.98. The van der Waals surface area contributed by atoms with Crippen LogP contribution in [0.4, 0.5) is 10.8 Å². The first kappa shape index (κ1) is 8.79. The van der Waals surface area contributed by atoms with Crippen LogP contribution in [0.5, 0.6) is 0 Å². The monoisotopic (exact) mass is 186 g/mol. The lowest BCUT2D eigenvalue weighted by atomic mass is 10.3. The van der Waals surface area contributed by atoms with E-state index >= 15 is 0 Å². The number of carbonyl (C=O) groups excluding carboxylic acids is 1. The van der Waals surface area contributed by atoms with Crippen LogP contribution < -0.4 is 16.4 Å². The highest BCUT2D eigenvalue weighted by Gasteiger charge is 2.17. The summed E-state index contributed by atoms with van der Waals surface area (Å²) in [6, 6.07) is 0. The molecule has 1 amide bonds. The molecule has 0 saturated carbocycles. The number of nitrogens with two attached hydrogens (primary N) is 2. The molecule has 0 unspecified atom stereocenters. The second-order valence-corrected chi connectivity index (χ2v) is 3.26. The molecule has 0 aliphatic carbocycles. The molecule has 1 rings (SSSR count). The molecule has 0 aliphatic heterocycles. The number of rotatable bonds is 2. The van der Waals surface area contributed by atoms with E-state index in [2.05, 4.69) is 4.37 Å². The summed E-state index contributed by atoms with van der Waals surface area (Å²) in [5.74, 6) is -0.332. The Balaban J connectivity index is 3.21. The van der Waals surface area contributed by atoms with Gasteiger partial charge in [-0.3, -0.25) is 4.79 Å². The van der Waals surface area contributed by atoms with Crippen molar-refractivity contribution in [1.82, 2.24) is 4.37 Å². The molecule has 1 heterocycles. The van der Waals surface area contributed by atoms with Gasteiger partial charge in [0.05, 0.1) is 0 Å². The van der Waals surface area contributed by atoms with Gasteiger partial charge in [0.15, 0.2) is 5.82 Å². The number of nitrogens with zero attached hydrogens (tertiary/aromatic N) is 2. The van der Waals surface area contributed by atoms with Gasteiger partial charge in [0.1, 0.15) is 10.6 Å². The van der Waals surface area contributed by atoms with E-state index in [-0.39, 0.29) is 5.82 Å². The molecular formula is C6H10N4OS. The summed E-state index contributed by atoms with van der Waals surface area (Å²) in [5, 5.41) is 0.694. The van der Waals surface area contributed by atoms with E-state index in [1.807, 2.05) is 0 Å². The molecule has 1 aromatic heterocycles. The summed E-state index contributed by atoms with van der Waals surface area (Å²) in [6.45, 7) is 0. The Kier molecular flexibility index (Phi) is 2.18. The van der Waals surface area contributed by atoms with Crippen molar-refractivity contribution in [3.63, 3.8) is 0 Å². The maximum absolute atomic E-state index is 10.9. The minimum absolute atomic E-state index is 0.205. The van der Waals surface area contributed by atoms with Gasteiger partial charge < -0.3 is 16.4 Å². The Morgan fingerprint density at radius 1 is 1.58 bits per heavy atom. The molecule has 12 heavy (non-hydrogen) atoms. The minimum Gasteiger partial charge on any atom is -0.382 e. The summed E-state index contributed by atoms with van der Waals surface area (Å²) in [4.78, 5) is 12.6. The van der Waals surface area contributed by atoms with E-state index in [1.54, 1.807) is 19.0 Å². The number of carbonyl (C=O) groups is 1. The standard InChI is InChI=1S/C6H10N4OS/c1-10(2)6-3(5(8)11)4(7)9-12-6/h1-2H3,(H2,7,9)(H2,8,11). The van der Waals surface area contributed by atoms with Crippen LogP contribution >= 0.6 is 11.5 Å². The molecule has 66 valence electrons. The van der Waals surface area contributed by atoms with Crippen LogP contribution in [0.3, 0.4) is 0 Å². The zero-order valence-electron chi connectivity index (χ0n) is 6.87. The summed E-state index contributed by atoms with van der Waals surface area (Å²) < 4.78 is 3.84. The van der Waals surface area contributed by atoms with Gasteiger partial charge in [-0.1, -0.05) is 0 Å². The molecule has 0 radical (unpaired) electrons. The zero-order valence-corrected chi connectivity index (χ0v) is 7.68. The third kappa shape index (κ3) is 1.33. The number of amides is 1. The quantitative estimate of drug-likeness (QED) is 0.674. The Bertz CT molecular complexity index is 306. The summed E-state index contributed by atoms with van der Waals surface area (Å²) >= 11 is 1.16. The first-order valence-electron chi connectivity index (χ1n) is 3.26. The Hall–Kier alpha value is -1.30. The fraction of sp³-hybridized carbons (Fsp3) is 0.333. The van der Waals surface area contributed by atoms with E-state index in [0.717, 1.165) is 11.5 Å². The number of hydrogen-bond acceptors (Lipinski definition) is 5. The van der Waals surface area contributed by atoms with E-state index < -0.39 is 5.91 Å². The highest BCUT2D eigenvalue weighted by molar-refractivity contribution is 7.11. The van der Waals surface area contributed by atoms with Crippen molar-refractivity contribution in [3.8, 4) is 0 Å². The highest BCUT2D eigenvalue weighted by Crippen LogP contribution is 2.27. The van der Waals surface area contributed by atoms with Crippen LogP contribution in [-0.2, 0) is 0 Å². The van der Waals surface area contributed by atoms with Gasteiger partial charge in [-0.25, -0.2) is 0 Å². The fourth-order valence-corrected chi connectivity index (χ4v) is 1.57. The first-order valence-corrected chi connectivity index (χ1v) is 4.03. The van der Waals surface area contributed by atoms with Gasteiger partial charge in [-0.15, -0.1) is 0 Å². The van der Waals surface area contributed by atoms with Crippen LogP contribution in [0.25, 0.3) is 0 Å². The molecule has 0 saturated heterocycles. The van der Waals surface area contributed by atoms with Crippen molar-refractivity contribution in [2.75, 3.05) is 24.7 Å². The lowest BCUT2D eigenvalue weighted by Crippen LogP contribution is -2.17. The van der Waals surface area contributed by atoms with Crippen molar-refractivity contribution in [2.45, 2.75) is 0 Å². The molecule has 4 N–H and O–H groups in total. The normalized spacial score (nSPS) is 9.83. The molecule has 0 atom stereocenters. The number of anilines is 2. The number of hydrogen-bond donors (Lipinski definition) is 2. The zero-order chi connectivity index (χ0) is 9.30. The Labute approximate surface area is 74.1 Å². The van der Waals surface area contributed by atoms with Crippen molar-refractivity contribution < 1.29 is 4.79 Å². The Morgan fingerprint density at radius 2 is 2.17 bits per heavy atom. The molecule has 0 aliphatic rings. The van der Waals surface area contributed by atoms with E-state index in [1.165, 1.54) is 0 Å².